The highest BCUT2D eigenvalue weighted by atomic mass is 16.5. The minimum absolute atomic E-state index is 0.145. The quantitative estimate of drug-likeness (QED) is 0.782. The molecular weight excluding hydrogens is 214 g/mol. The second-order valence-electron chi connectivity index (χ2n) is 5.38. The molecule has 1 aromatic rings. The number of anilines is 1. The summed E-state index contributed by atoms with van der Waals surface area (Å²) in [4.78, 5) is 0. The Bertz CT molecular complexity index is 430. The van der Waals surface area contributed by atoms with Crippen LogP contribution in [0.5, 0.6) is 0 Å². The van der Waals surface area contributed by atoms with E-state index in [2.05, 4.69) is 37.4 Å². The lowest BCUT2D eigenvalue weighted by atomic mass is 9.88. The second-order valence-corrected chi connectivity index (χ2v) is 5.38. The summed E-state index contributed by atoms with van der Waals surface area (Å²) in [6.07, 6.45) is 0.637. The highest BCUT2D eigenvalue weighted by Crippen LogP contribution is 2.40. The van der Waals surface area contributed by atoms with Gasteiger partial charge in [-0.15, -0.1) is 0 Å². The van der Waals surface area contributed by atoms with Crippen LogP contribution in [-0.4, -0.2) is 23.9 Å². The van der Waals surface area contributed by atoms with Gasteiger partial charge in [-0.05, 0) is 17.5 Å². The van der Waals surface area contributed by atoms with Gasteiger partial charge >= 0.3 is 0 Å². The van der Waals surface area contributed by atoms with Gasteiger partial charge in [0.2, 0.25) is 0 Å². The summed E-state index contributed by atoms with van der Waals surface area (Å²) >= 11 is 0. The number of aliphatic hydroxyl groups is 1. The Morgan fingerprint density at radius 1 is 1.41 bits per heavy atom. The Morgan fingerprint density at radius 3 is 3.00 bits per heavy atom. The third kappa shape index (κ3) is 1.83. The Balaban J connectivity index is 1.99. The lowest BCUT2D eigenvalue weighted by Gasteiger charge is -2.40. The first-order chi connectivity index (χ1) is 8.15. The number of benzene rings is 1. The summed E-state index contributed by atoms with van der Waals surface area (Å²) in [6, 6.07) is 6.66. The van der Waals surface area contributed by atoms with E-state index in [1.165, 1.54) is 11.1 Å². The number of hydrogen-bond acceptors (Lipinski definition) is 3. The lowest BCUT2D eigenvalue weighted by Crippen LogP contribution is -2.45. The van der Waals surface area contributed by atoms with E-state index < -0.39 is 0 Å². The molecule has 1 fully saturated rings. The Labute approximate surface area is 102 Å². The summed E-state index contributed by atoms with van der Waals surface area (Å²) in [5, 5.41) is 13.2. The molecule has 3 rings (SSSR count). The highest BCUT2D eigenvalue weighted by Gasteiger charge is 2.36. The molecule has 0 unspecified atom stereocenters. The molecule has 0 aliphatic carbocycles. The SMILES string of the molecule is CC(C)c1ccc2c(c1)[C@H]1C[C@@H](N2)[C@H](O)CO1. The van der Waals surface area contributed by atoms with Gasteiger partial charge in [-0.2, -0.15) is 0 Å². The van der Waals surface area contributed by atoms with Crippen molar-refractivity contribution in [2.24, 2.45) is 0 Å². The molecule has 92 valence electrons. The van der Waals surface area contributed by atoms with Gasteiger partial charge in [-0.3, -0.25) is 0 Å². The molecule has 1 saturated heterocycles. The fourth-order valence-corrected chi connectivity index (χ4v) is 2.70. The maximum atomic E-state index is 9.80. The van der Waals surface area contributed by atoms with Gasteiger partial charge in [0.15, 0.2) is 0 Å². The average Bonchev–Trinajstić information content (AvgIpc) is 2.33. The van der Waals surface area contributed by atoms with E-state index in [0.717, 1.165) is 12.1 Å². The number of hydrogen-bond donors (Lipinski definition) is 2. The van der Waals surface area contributed by atoms with Crippen LogP contribution in [0, 0.1) is 0 Å². The first kappa shape index (κ1) is 11.1. The molecule has 0 saturated carbocycles. The lowest BCUT2D eigenvalue weighted by molar-refractivity contribution is -0.0672. The molecule has 2 aliphatic heterocycles. The summed E-state index contributed by atoms with van der Waals surface area (Å²) in [5.41, 5.74) is 3.72. The van der Waals surface area contributed by atoms with Gasteiger partial charge < -0.3 is 15.2 Å². The molecule has 2 heterocycles. The van der Waals surface area contributed by atoms with E-state index in [0.29, 0.717) is 12.5 Å². The van der Waals surface area contributed by atoms with Crippen LogP contribution in [0.3, 0.4) is 0 Å². The first-order valence-corrected chi connectivity index (χ1v) is 6.35. The molecule has 2 aliphatic rings. The number of fused-ring (bicyclic) bond motifs is 4. The van der Waals surface area contributed by atoms with Gasteiger partial charge in [0.25, 0.3) is 0 Å². The first-order valence-electron chi connectivity index (χ1n) is 6.35. The molecule has 0 aromatic heterocycles. The Morgan fingerprint density at radius 2 is 2.24 bits per heavy atom. The normalized spacial score (nSPS) is 30.9. The van der Waals surface area contributed by atoms with Crippen molar-refractivity contribution in [1.82, 2.24) is 0 Å². The second kappa shape index (κ2) is 4.00. The summed E-state index contributed by atoms with van der Waals surface area (Å²) in [6.45, 7) is 4.84. The molecule has 3 heteroatoms. The van der Waals surface area contributed by atoms with Crippen molar-refractivity contribution >= 4 is 5.69 Å². The van der Waals surface area contributed by atoms with Crippen molar-refractivity contribution < 1.29 is 9.84 Å². The average molecular weight is 233 g/mol. The highest BCUT2D eigenvalue weighted by molar-refractivity contribution is 5.57. The van der Waals surface area contributed by atoms with Crippen molar-refractivity contribution in [2.75, 3.05) is 11.9 Å². The van der Waals surface area contributed by atoms with E-state index in [4.69, 9.17) is 4.74 Å². The van der Waals surface area contributed by atoms with Crippen molar-refractivity contribution in [3.63, 3.8) is 0 Å². The van der Waals surface area contributed by atoms with Gasteiger partial charge in [0.05, 0.1) is 24.9 Å². The summed E-state index contributed by atoms with van der Waals surface area (Å²) in [7, 11) is 0. The monoisotopic (exact) mass is 233 g/mol. The van der Waals surface area contributed by atoms with Crippen molar-refractivity contribution in [2.45, 2.75) is 44.4 Å². The molecular formula is C14H19NO2. The molecule has 3 atom stereocenters. The molecule has 17 heavy (non-hydrogen) atoms. The van der Waals surface area contributed by atoms with Crippen molar-refractivity contribution in [1.29, 1.82) is 0 Å². The molecule has 1 aromatic carbocycles. The zero-order valence-corrected chi connectivity index (χ0v) is 10.3. The van der Waals surface area contributed by atoms with Crippen LogP contribution in [0.4, 0.5) is 5.69 Å². The largest absolute Gasteiger partial charge is 0.389 e. The molecule has 2 N–H and O–H groups in total. The predicted molar refractivity (Wildman–Crippen MR) is 67.3 cm³/mol. The van der Waals surface area contributed by atoms with Crippen LogP contribution in [0.25, 0.3) is 0 Å². The van der Waals surface area contributed by atoms with E-state index in [1.54, 1.807) is 0 Å². The smallest absolute Gasteiger partial charge is 0.0975 e. The Kier molecular flexibility index (Phi) is 2.60. The molecule has 0 amide bonds. The van der Waals surface area contributed by atoms with Gasteiger partial charge in [-0.25, -0.2) is 0 Å². The maximum Gasteiger partial charge on any atom is 0.0975 e. The number of aliphatic hydroxyl groups excluding tert-OH is 1. The predicted octanol–water partition coefficient (Wildman–Crippen LogP) is 2.43. The van der Waals surface area contributed by atoms with Crippen LogP contribution in [0.2, 0.25) is 0 Å². The van der Waals surface area contributed by atoms with Crippen LogP contribution >= 0.6 is 0 Å². The molecule has 3 nitrogen and oxygen atoms in total. The maximum absolute atomic E-state index is 9.80. The fraction of sp³-hybridized carbons (Fsp3) is 0.571. The van der Waals surface area contributed by atoms with Crippen molar-refractivity contribution in [3.8, 4) is 0 Å². The standard InChI is InChI=1S/C14H19NO2/c1-8(2)9-3-4-11-10(5-9)14-6-12(15-11)13(16)7-17-14/h3-5,8,12-16H,6-7H2,1-2H3/t12-,13-,14-/m1/s1. The van der Waals surface area contributed by atoms with Crippen LogP contribution in [-0.2, 0) is 4.74 Å². The zero-order valence-electron chi connectivity index (χ0n) is 10.3. The topological polar surface area (TPSA) is 41.5 Å². The van der Waals surface area contributed by atoms with Crippen LogP contribution in [0.15, 0.2) is 18.2 Å². The van der Waals surface area contributed by atoms with Crippen LogP contribution in [0.1, 0.15) is 43.4 Å². The third-order valence-electron chi connectivity index (χ3n) is 3.83. The van der Waals surface area contributed by atoms with Crippen molar-refractivity contribution in [3.05, 3.63) is 29.3 Å². The minimum atomic E-state index is -0.385. The molecule has 0 radical (unpaired) electrons. The summed E-state index contributed by atoms with van der Waals surface area (Å²) < 4.78 is 5.73. The van der Waals surface area contributed by atoms with Crippen LogP contribution < -0.4 is 5.32 Å². The van der Waals surface area contributed by atoms with Gasteiger partial charge in [-0.1, -0.05) is 26.0 Å². The number of nitrogens with one attached hydrogen (secondary N) is 1. The van der Waals surface area contributed by atoms with Gasteiger partial charge in [0.1, 0.15) is 0 Å². The number of ether oxygens (including phenoxy) is 1. The zero-order chi connectivity index (χ0) is 12.0. The van der Waals surface area contributed by atoms with E-state index in [-0.39, 0.29) is 18.2 Å². The summed E-state index contributed by atoms with van der Waals surface area (Å²) in [5.74, 6) is 0.534. The van der Waals surface area contributed by atoms with Gasteiger partial charge in [0, 0.05) is 17.7 Å². The number of rotatable bonds is 1. The molecule has 0 spiro atoms. The minimum Gasteiger partial charge on any atom is -0.389 e. The van der Waals surface area contributed by atoms with E-state index in [9.17, 15) is 5.11 Å². The van der Waals surface area contributed by atoms with E-state index >= 15 is 0 Å². The fourth-order valence-electron chi connectivity index (χ4n) is 2.70. The Hall–Kier alpha value is -1.06. The molecule has 2 bridgehead atoms. The van der Waals surface area contributed by atoms with E-state index in [1.807, 2.05) is 0 Å². The third-order valence-corrected chi connectivity index (χ3v) is 3.83.